The molecule has 1 saturated heterocycles. The number of amides is 2. The molecule has 3 rings (SSSR count). The molecule has 1 aliphatic heterocycles. The molecule has 0 spiro atoms. The molecule has 1 aliphatic rings. The zero-order valence-corrected chi connectivity index (χ0v) is 18.3. The standard InChI is InChI=1S/C24H28ClN3O2/c1-3-19-8-4-7-11-22(19)26-23(29)17-27-12-14-28(15-13-27)24(30)16-18(2)20-9-5-6-10-21(20)25/h4-11,16H,3,12-15,17H2,1-2H3,(H,26,29)/b18-16+. The Morgan fingerprint density at radius 1 is 1.03 bits per heavy atom. The number of hydrogen-bond acceptors (Lipinski definition) is 3. The summed E-state index contributed by atoms with van der Waals surface area (Å²) in [6.45, 7) is 6.85. The molecule has 1 fully saturated rings. The van der Waals surface area contributed by atoms with Crippen molar-refractivity contribution in [1.82, 2.24) is 9.80 Å². The van der Waals surface area contributed by atoms with Gasteiger partial charge in [0.2, 0.25) is 11.8 Å². The van der Waals surface area contributed by atoms with Gasteiger partial charge in [-0.15, -0.1) is 0 Å². The van der Waals surface area contributed by atoms with Crippen molar-refractivity contribution >= 4 is 34.7 Å². The average Bonchev–Trinajstić information content (AvgIpc) is 2.74. The maximum absolute atomic E-state index is 12.6. The molecule has 30 heavy (non-hydrogen) atoms. The van der Waals surface area contributed by atoms with Crippen molar-refractivity contribution in [2.24, 2.45) is 0 Å². The number of nitrogens with one attached hydrogen (secondary N) is 1. The van der Waals surface area contributed by atoms with Crippen LogP contribution in [0.5, 0.6) is 0 Å². The Balaban J connectivity index is 1.51. The van der Waals surface area contributed by atoms with Crippen LogP contribution in [0, 0.1) is 0 Å². The first kappa shape index (κ1) is 22.1. The molecular weight excluding hydrogens is 398 g/mol. The lowest BCUT2D eigenvalue weighted by atomic mass is 10.1. The number of carbonyl (C=O) groups is 2. The summed E-state index contributed by atoms with van der Waals surface area (Å²) in [7, 11) is 0. The minimum absolute atomic E-state index is 0.0200. The Kier molecular flexibility index (Phi) is 7.66. The number of benzene rings is 2. The number of carbonyl (C=O) groups excluding carboxylic acids is 2. The highest BCUT2D eigenvalue weighted by molar-refractivity contribution is 6.32. The zero-order chi connectivity index (χ0) is 21.5. The van der Waals surface area contributed by atoms with Crippen LogP contribution in [0.4, 0.5) is 5.69 Å². The third kappa shape index (κ3) is 5.71. The van der Waals surface area contributed by atoms with E-state index in [4.69, 9.17) is 11.6 Å². The van der Waals surface area contributed by atoms with Crippen LogP contribution >= 0.6 is 11.6 Å². The van der Waals surface area contributed by atoms with Gasteiger partial charge in [0.1, 0.15) is 0 Å². The Bertz CT molecular complexity index is 934. The molecule has 0 atom stereocenters. The minimum atomic E-state index is -0.0230. The van der Waals surface area contributed by atoms with Crippen molar-refractivity contribution in [3.8, 4) is 0 Å². The van der Waals surface area contributed by atoms with Gasteiger partial charge in [-0.3, -0.25) is 14.5 Å². The molecule has 1 N–H and O–H groups in total. The van der Waals surface area contributed by atoms with E-state index in [0.29, 0.717) is 37.7 Å². The van der Waals surface area contributed by atoms with E-state index >= 15 is 0 Å². The first-order valence-electron chi connectivity index (χ1n) is 10.3. The summed E-state index contributed by atoms with van der Waals surface area (Å²) in [5, 5.41) is 3.65. The number of nitrogens with zero attached hydrogens (tertiary/aromatic N) is 2. The molecule has 0 radical (unpaired) electrons. The van der Waals surface area contributed by atoms with Gasteiger partial charge in [-0.25, -0.2) is 0 Å². The van der Waals surface area contributed by atoms with Crippen molar-refractivity contribution < 1.29 is 9.59 Å². The summed E-state index contributed by atoms with van der Waals surface area (Å²) in [5.41, 5.74) is 3.72. The van der Waals surface area contributed by atoms with Crippen LogP contribution in [-0.4, -0.2) is 54.3 Å². The van der Waals surface area contributed by atoms with Crippen molar-refractivity contribution in [2.75, 3.05) is 38.0 Å². The van der Waals surface area contributed by atoms with Gasteiger partial charge in [0.15, 0.2) is 0 Å². The average molecular weight is 426 g/mol. The maximum Gasteiger partial charge on any atom is 0.246 e. The van der Waals surface area contributed by atoms with Gasteiger partial charge in [0.05, 0.1) is 6.54 Å². The normalized spacial score (nSPS) is 15.2. The second kappa shape index (κ2) is 10.4. The van der Waals surface area contributed by atoms with Crippen LogP contribution in [-0.2, 0) is 16.0 Å². The summed E-state index contributed by atoms with van der Waals surface area (Å²) < 4.78 is 0. The SMILES string of the molecule is CCc1ccccc1NC(=O)CN1CCN(C(=O)/C=C(\C)c2ccccc2Cl)CC1. The third-order valence-corrected chi connectivity index (χ3v) is 5.69. The van der Waals surface area contributed by atoms with Gasteiger partial charge in [0.25, 0.3) is 0 Å². The summed E-state index contributed by atoms with van der Waals surface area (Å²) in [4.78, 5) is 29.0. The fourth-order valence-corrected chi connectivity index (χ4v) is 3.89. The monoisotopic (exact) mass is 425 g/mol. The van der Waals surface area contributed by atoms with Gasteiger partial charge in [-0.2, -0.15) is 0 Å². The number of aryl methyl sites for hydroxylation is 1. The number of allylic oxidation sites excluding steroid dienone is 1. The fraction of sp³-hybridized carbons (Fsp3) is 0.333. The number of hydrogen-bond donors (Lipinski definition) is 1. The molecule has 2 aromatic carbocycles. The van der Waals surface area contributed by atoms with Crippen LogP contribution in [0.15, 0.2) is 54.6 Å². The molecule has 6 heteroatoms. The summed E-state index contributed by atoms with van der Waals surface area (Å²) in [6.07, 6.45) is 2.52. The van der Waals surface area contributed by atoms with Crippen LogP contribution in [0.1, 0.15) is 25.0 Å². The van der Waals surface area contributed by atoms with Gasteiger partial charge >= 0.3 is 0 Å². The predicted octanol–water partition coefficient (Wildman–Crippen LogP) is 4.09. The predicted molar refractivity (Wildman–Crippen MR) is 123 cm³/mol. The second-order valence-electron chi connectivity index (χ2n) is 7.47. The minimum Gasteiger partial charge on any atom is -0.337 e. The molecule has 1 heterocycles. The molecule has 2 amide bonds. The highest BCUT2D eigenvalue weighted by Crippen LogP contribution is 2.23. The van der Waals surface area contributed by atoms with Crippen LogP contribution in [0.3, 0.4) is 0 Å². The van der Waals surface area contributed by atoms with Crippen LogP contribution in [0.2, 0.25) is 5.02 Å². The lowest BCUT2D eigenvalue weighted by Crippen LogP contribution is -2.50. The molecule has 0 unspecified atom stereocenters. The van der Waals surface area contributed by atoms with Gasteiger partial charge < -0.3 is 10.2 Å². The highest BCUT2D eigenvalue weighted by atomic mass is 35.5. The Hall–Kier alpha value is -2.63. The summed E-state index contributed by atoms with van der Waals surface area (Å²) in [6, 6.07) is 15.4. The van der Waals surface area contributed by atoms with Crippen LogP contribution in [0.25, 0.3) is 5.57 Å². The van der Waals surface area contributed by atoms with Gasteiger partial charge in [0, 0.05) is 43.0 Å². The summed E-state index contributed by atoms with van der Waals surface area (Å²) >= 11 is 6.22. The molecule has 2 aromatic rings. The van der Waals surface area contributed by atoms with Crippen molar-refractivity contribution in [3.63, 3.8) is 0 Å². The van der Waals surface area contributed by atoms with E-state index in [2.05, 4.69) is 17.1 Å². The van der Waals surface area contributed by atoms with Crippen LogP contribution < -0.4 is 5.32 Å². The topological polar surface area (TPSA) is 52.7 Å². The number of para-hydroxylation sites is 1. The molecular formula is C24H28ClN3O2. The quantitative estimate of drug-likeness (QED) is 0.709. The third-order valence-electron chi connectivity index (χ3n) is 5.36. The lowest BCUT2D eigenvalue weighted by Gasteiger charge is -2.34. The largest absolute Gasteiger partial charge is 0.337 e. The number of anilines is 1. The number of rotatable bonds is 6. The second-order valence-corrected chi connectivity index (χ2v) is 7.87. The molecule has 0 saturated carbocycles. The Morgan fingerprint density at radius 2 is 1.70 bits per heavy atom. The van der Waals surface area contributed by atoms with Crippen molar-refractivity contribution in [1.29, 1.82) is 0 Å². The Labute approximate surface area is 183 Å². The van der Waals surface area contributed by atoms with E-state index in [-0.39, 0.29) is 11.8 Å². The van der Waals surface area contributed by atoms with E-state index in [0.717, 1.165) is 28.8 Å². The van der Waals surface area contributed by atoms with Crippen molar-refractivity contribution in [3.05, 3.63) is 70.8 Å². The molecule has 0 bridgehead atoms. The van der Waals surface area contributed by atoms with E-state index < -0.39 is 0 Å². The molecule has 5 nitrogen and oxygen atoms in total. The molecule has 0 aromatic heterocycles. The van der Waals surface area contributed by atoms with Gasteiger partial charge in [-0.05, 0) is 42.2 Å². The Morgan fingerprint density at radius 3 is 2.40 bits per heavy atom. The number of piperazine rings is 1. The fourth-order valence-electron chi connectivity index (χ4n) is 3.61. The van der Waals surface area contributed by atoms with Gasteiger partial charge in [-0.1, -0.05) is 54.9 Å². The lowest BCUT2D eigenvalue weighted by molar-refractivity contribution is -0.127. The van der Waals surface area contributed by atoms with Crippen molar-refractivity contribution in [2.45, 2.75) is 20.3 Å². The zero-order valence-electron chi connectivity index (χ0n) is 17.5. The van der Waals surface area contributed by atoms with E-state index in [9.17, 15) is 9.59 Å². The highest BCUT2D eigenvalue weighted by Gasteiger charge is 2.22. The van der Waals surface area contributed by atoms with E-state index in [1.165, 1.54) is 0 Å². The first-order chi connectivity index (χ1) is 14.5. The molecule has 158 valence electrons. The first-order valence-corrected chi connectivity index (χ1v) is 10.7. The molecule has 0 aliphatic carbocycles. The summed E-state index contributed by atoms with van der Waals surface area (Å²) in [5.74, 6) is -0.0430. The number of halogens is 1. The van der Waals surface area contributed by atoms with E-state index in [1.54, 1.807) is 6.08 Å². The van der Waals surface area contributed by atoms with E-state index in [1.807, 2.05) is 60.4 Å². The maximum atomic E-state index is 12.6. The smallest absolute Gasteiger partial charge is 0.246 e.